The van der Waals surface area contributed by atoms with E-state index in [-0.39, 0.29) is 15.5 Å². The monoisotopic (exact) mass is 447 g/mol. The molecule has 0 bridgehead atoms. The molecule has 1 aromatic heterocycles. The first-order valence-corrected chi connectivity index (χ1v) is 12.0. The van der Waals surface area contributed by atoms with Crippen LogP contribution in [0.4, 0.5) is 9.52 Å². The molecule has 2 heterocycles. The average Bonchev–Trinajstić information content (AvgIpc) is 3.11. The van der Waals surface area contributed by atoms with Crippen LogP contribution in [-0.4, -0.2) is 36.7 Å². The SMILES string of the molecule is CC1CC(C)CN(S(=O)(=O)c2ccc(C(=O)Nc3nc4c(F)cccc4s3)cc2)C1. The van der Waals surface area contributed by atoms with Crippen molar-refractivity contribution in [1.82, 2.24) is 9.29 Å². The maximum absolute atomic E-state index is 13.8. The number of rotatable bonds is 4. The predicted molar refractivity (Wildman–Crippen MR) is 116 cm³/mol. The van der Waals surface area contributed by atoms with Gasteiger partial charge in [0.1, 0.15) is 11.3 Å². The Hall–Kier alpha value is -2.36. The highest BCUT2D eigenvalue weighted by Crippen LogP contribution is 2.29. The molecule has 2 unspecified atom stereocenters. The van der Waals surface area contributed by atoms with Crippen molar-refractivity contribution in [2.24, 2.45) is 11.8 Å². The van der Waals surface area contributed by atoms with E-state index in [1.807, 2.05) is 0 Å². The quantitative estimate of drug-likeness (QED) is 0.645. The molecule has 1 aliphatic heterocycles. The van der Waals surface area contributed by atoms with Crippen LogP contribution in [0.1, 0.15) is 30.6 Å². The fourth-order valence-electron chi connectivity index (χ4n) is 3.87. The van der Waals surface area contributed by atoms with Crippen molar-refractivity contribution in [2.75, 3.05) is 18.4 Å². The molecule has 0 spiro atoms. The zero-order valence-electron chi connectivity index (χ0n) is 16.6. The van der Waals surface area contributed by atoms with Crippen LogP contribution < -0.4 is 5.32 Å². The molecule has 9 heteroatoms. The van der Waals surface area contributed by atoms with Gasteiger partial charge in [-0.15, -0.1) is 0 Å². The number of carbonyl (C=O) groups is 1. The molecule has 3 aromatic rings. The van der Waals surface area contributed by atoms with E-state index in [0.717, 1.165) is 6.42 Å². The van der Waals surface area contributed by atoms with E-state index >= 15 is 0 Å². The molecule has 4 rings (SSSR count). The number of piperidine rings is 1. The highest BCUT2D eigenvalue weighted by atomic mass is 32.2. The summed E-state index contributed by atoms with van der Waals surface area (Å²) in [6, 6.07) is 10.5. The first kappa shape index (κ1) is 20.9. The Morgan fingerprint density at radius 1 is 1.13 bits per heavy atom. The number of carbonyl (C=O) groups excluding carboxylic acids is 1. The van der Waals surface area contributed by atoms with Crippen LogP contribution >= 0.6 is 11.3 Å². The molecule has 0 saturated carbocycles. The van der Waals surface area contributed by atoms with Gasteiger partial charge in [-0.2, -0.15) is 4.31 Å². The van der Waals surface area contributed by atoms with Crippen molar-refractivity contribution in [1.29, 1.82) is 0 Å². The number of hydrogen-bond acceptors (Lipinski definition) is 5. The molecular formula is C21H22FN3O3S2. The van der Waals surface area contributed by atoms with Crippen LogP contribution in [0.3, 0.4) is 0 Å². The molecular weight excluding hydrogens is 425 g/mol. The first-order chi connectivity index (χ1) is 14.2. The second kappa shape index (κ2) is 8.05. The van der Waals surface area contributed by atoms with Gasteiger partial charge in [0.15, 0.2) is 5.13 Å². The van der Waals surface area contributed by atoms with Gasteiger partial charge in [0, 0.05) is 18.7 Å². The fourth-order valence-corrected chi connectivity index (χ4v) is 6.42. The lowest BCUT2D eigenvalue weighted by Crippen LogP contribution is -2.42. The van der Waals surface area contributed by atoms with Gasteiger partial charge in [-0.3, -0.25) is 10.1 Å². The van der Waals surface area contributed by atoms with Gasteiger partial charge in [0.2, 0.25) is 10.0 Å². The number of nitrogens with one attached hydrogen (secondary N) is 1. The van der Waals surface area contributed by atoms with Crippen LogP contribution in [0.2, 0.25) is 0 Å². The Labute approximate surface area is 178 Å². The maximum atomic E-state index is 13.8. The van der Waals surface area contributed by atoms with Gasteiger partial charge in [0.05, 0.1) is 9.60 Å². The molecule has 0 aliphatic carbocycles. The molecule has 30 heavy (non-hydrogen) atoms. The van der Waals surface area contributed by atoms with E-state index in [4.69, 9.17) is 0 Å². The Kier molecular flexibility index (Phi) is 5.61. The van der Waals surface area contributed by atoms with Gasteiger partial charge in [0.25, 0.3) is 5.91 Å². The third kappa shape index (κ3) is 4.10. The first-order valence-electron chi connectivity index (χ1n) is 9.70. The summed E-state index contributed by atoms with van der Waals surface area (Å²) in [4.78, 5) is 16.8. The second-order valence-electron chi connectivity index (χ2n) is 7.85. The molecule has 6 nitrogen and oxygen atoms in total. The van der Waals surface area contributed by atoms with Gasteiger partial charge in [-0.1, -0.05) is 31.3 Å². The highest BCUT2D eigenvalue weighted by Gasteiger charge is 2.31. The highest BCUT2D eigenvalue weighted by molar-refractivity contribution is 7.89. The van der Waals surface area contributed by atoms with E-state index in [2.05, 4.69) is 24.1 Å². The van der Waals surface area contributed by atoms with Crippen LogP contribution in [0.5, 0.6) is 0 Å². The lowest BCUT2D eigenvalue weighted by molar-refractivity contribution is 0.102. The van der Waals surface area contributed by atoms with Crippen molar-refractivity contribution in [3.63, 3.8) is 0 Å². The van der Waals surface area contributed by atoms with Gasteiger partial charge < -0.3 is 0 Å². The van der Waals surface area contributed by atoms with Crippen LogP contribution in [-0.2, 0) is 10.0 Å². The number of thiazole rings is 1. The standard InChI is InChI=1S/C21H22FN3O3S2/c1-13-10-14(2)12-25(11-13)30(27,28)16-8-6-15(7-9-16)20(26)24-21-23-19-17(22)4-3-5-18(19)29-21/h3-9,13-14H,10-12H2,1-2H3,(H,23,24,26). The van der Waals surface area contributed by atoms with Crippen molar-refractivity contribution >= 4 is 42.6 Å². The summed E-state index contributed by atoms with van der Waals surface area (Å²) in [5.41, 5.74) is 0.512. The maximum Gasteiger partial charge on any atom is 0.257 e. The molecule has 1 N–H and O–H groups in total. The largest absolute Gasteiger partial charge is 0.298 e. The number of halogens is 1. The number of para-hydroxylation sites is 1. The molecule has 2 atom stereocenters. The van der Waals surface area contributed by atoms with Crippen molar-refractivity contribution in [2.45, 2.75) is 25.2 Å². The number of sulfonamides is 1. The Morgan fingerprint density at radius 2 is 1.80 bits per heavy atom. The number of amides is 1. The summed E-state index contributed by atoms with van der Waals surface area (Å²) < 4.78 is 41.9. The Morgan fingerprint density at radius 3 is 2.43 bits per heavy atom. The molecule has 1 amide bonds. The van der Waals surface area contributed by atoms with E-state index in [9.17, 15) is 17.6 Å². The average molecular weight is 448 g/mol. The zero-order chi connectivity index (χ0) is 21.5. The van der Waals surface area contributed by atoms with Crippen LogP contribution in [0.25, 0.3) is 10.2 Å². The summed E-state index contributed by atoms with van der Waals surface area (Å²) in [6.07, 6.45) is 1.01. The van der Waals surface area contributed by atoms with Gasteiger partial charge >= 0.3 is 0 Å². The number of hydrogen-bond donors (Lipinski definition) is 1. The van der Waals surface area contributed by atoms with Gasteiger partial charge in [-0.25, -0.2) is 17.8 Å². The van der Waals surface area contributed by atoms with E-state index in [0.29, 0.717) is 35.2 Å². The van der Waals surface area contributed by atoms with Crippen molar-refractivity contribution in [3.05, 3.63) is 53.8 Å². The van der Waals surface area contributed by atoms with Crippen LogP contribution in [0.15, 0.2) is 47.4 Å². The summed E-state index contributed by atoms with van der Waals surface area (Å²) in [5, 5.41) is 2.94. The molecule has 2 aromatic carbocycles. The minimum absolute atomic E-state index is 0.169. The Balaban J connectivity index is 1.51. The Bertz CT molecular complexity index is 1180. The molecule has 1 aliphatic rings. The molecule has 158 valence electrons. The number of anilines is 1. The number of aromatic nitrogens is 1. The summed E-state index contributed by atoms with van der Waals surface area (Å²) in [7, 11) is -3.60. The van der Waals surface area contributed by atoms with E-state index in [1.54, 1.807) is 12.1 Å². The third-order valence-electron chi connectivity index (χ3n) is 5.18. The number of benzene rings is 2. The fraction of sp³-hybridized carbons (Fsp3) is 0.333. The number of fused-ring (bicyclic) bond motifs is 1. The summed E-state index contributed by atoms with van der Waals surface area (Å²) in [5.74, 6) is -0.252. The van der Waals surface area contributed by atoms with Gasteiger partial charge in [-0.05, 0) is 54.7 Å². The lowest BCUT2D eigenvalue weighted by Gasteiger charge is -2.34. The second-order valence-corrected chi connectivity index (χ2v) is 10.8. The molecule has 1 fully saturated rings. The number of nitrogens with zero attached hydrogens (tertiary/aromatic N) is 2. The summed E-state index contributed by atoms with van der Waals surface area (Å²) >= 11 is 1.18. The van der Waals surface area contributed by atoms with Crippen molar-refractivity contribution in [3.8, 4) is 0 Å². The summed E-state index contributed by atoms with van der Waals surface area (Å²) in [6.45, 7) is 5.12. The lowest BCUT2D eigenvalue weighted by atomic mass is 9.94. The van der Waals surface area contributed by atoms with Crippen molar-refractivity contribution < 1.29 is 17.6 Å². The van der Waals surface area contributed by atoms with E-state index < -0.39 is 21.7 Å². The third-order valence-corrected chi connectivity index (χ3v) is 7.96. The predicted octanol–water partition coefficient (Wildman–Crippen LogP) is 4.35. The smallest absolute Gasteiger partial charge is 0.257 e. The minimum Gasteiger partial charge on any atom is -0.298 e. The molecule has 0 radical (unpaired) electrons. The minimum atomic E-state index is -3.60. The topological polar surface area (TPSA) is 79.4 Å². The molecule has 1 saturated heterocycles. The normalized spacial score (nSPS) is 20.4. The van der Waals surface area contributed by atoms with E-state index in [1.165, 1.54) is 46.0 Å². The zero-order valence-corrected chi connectivity index (χ0v) is 18.3. The van der Waals surface area contributed by atoms with Crippen LogP contribution in [0, 0.1) is 17.7 Å².